The van der Waals surface area contributed by atoms with Crippen molar-refractivity contribution in [3.8, 4) is 0 Å². The fourth-order valence-electron chi connectivity index (χ4n) is 1.32. The Morgan fingerprint density at radius 1 is 1.22 bits per heavy atom. The van der Waals surface area contributed by atoms with Crippen molar-refractivity contribution in [1.82, 2.24) is 9.88 Å². The number of likely N-dealkylation sites (N-methyl/N-ethyl adjacent to an activating group) is 1. The molecule has 4 nitrogen and oxygen atoms in total. The Labute approximate surface area is 104 Å². The molecule has 0 fully saturated rings. The van der Waals surface area contributed by atoms with Crippen LogP contribution in [-0.2, 0) is 6.18 Å². The Bertz CT molecular complexity index is 390. The molecule has 1 heterocycles. The highest BCUT2D eigenvalue weighted by Gasteiger charge is 2.31. The number of anilines is 2. The Morgan fingerprint density at radius 3 is 2.33 bits per heavy atom. The van der Waals surface area contributed by atoms with Gasteiger partial charge in [-0.3, -0.25) is 0 Å². The minimum Gasteiger partial charge on any atom is -0.373 e. The number of hydrogen-bond acceptors (Lipinski definition) is 4. The maximum absolute atomic E-state index is 12.6. The van der Waals surface area contributed by atoms with Crippen LogP contribution in [0.25, 0.3) is 0 Å². The van der Waals surface area contributed by atoms with Crippen LogP contribution < -0.4 is 10.6 Å². The zero-order chi connectivity index (χ0) is 13.8. The third-order valence-electron chi connectivity index (χ3n) is 2.27. The molecule has 0 bridgehead atoms. The number of rotatable bonds is 5. The van der Waals surface area contributed by atoms with Crippen LogP contribution in [0.4, 0.5) is 24.8 Å². The summed E-state index contributed by atoms with van der Waals surface area (Å²) in [7, 11) is 5.31. The van der Waals surface area contributed by atoms with Crippen LogP contribution >= 0.6 is 0 Å². The van der Waals surface area contributed by atoms with E-state index in [1.807, 2.05) is 19.0 Å². The van der Waals surface area contributed by atoms with Crippen molar-refractivity contribution in [2.24, 2.45) is 0 Å². The predicted molar refractivity (Wildman–Crippen MR) is 65.8 cm³/mol. The van der Waals surface area contributed by atoms with Gasteiger partial charge in [0.25, 0.3) is 0 Å². The van der Waals surface area contributed by atoms with Crippen molar-refractivity contribution in [3.63, 3.8) is 0 Å². The Kier molecular flexibility index (Phi) is 4.77. The van der Waals surface area contributed by atoms with Gasteiger partial charge in [0.05, 0.1) is 5.56 Å². The van der Waals surface area contributed by atoms with E-state index in [4.69, 9.17) is 0 Å². The van der Waals surface area contributed by atoms with E-state index < -0.39 is 11.7 Å². The van der Waals surface area contributed by atoms with E-state index in [0.29, 0.717) is 13.1 Å². The quantitative estimate of drug-likeness (QED) is 0.852. The molecule has 0 atom stereocenters. The molecular weight excluding hydrogens is 245 g/mol. The fraction of sp³-hybridized carbons (Fsp3) is 0.545. The van der Waals surface area contributed by atoms with Gasteiger partial charge in [-0.15, -0.1) is 0 Å². The smallest absolute Gasteiger partial charge is 0.373 e. The molecule has 0 radical (unpaired) electrons. The van der Waals surface area contributed by atoms with E-state index in [-0.39, 0.29) is 11.6 Å². The van der Waals surface area contributed by atoms with Crippen LogP contribution in [0.15, 0.2) is 12.1 Å². The summed E-state index contributed by atoms with van der Waals surface area (Å²) in [4.78, 5) is 5.95. The summed E-state index contributed by atoms with van der Waals surface area (Å²) in [6.07, 6.45) is -4.37. The second kappa shape index (κ2) is 5.90. The van der Waals surface area contributed by atoms with Crippen LogP contribution in [0.1, 0.15) is 5.56 Å². The standard InChI is InChI=1S/C11H17F3N4/c1-15-9-6-8(11(12,13)14)7-10(17-9)16-4-5-18(2)3/h6-7H,4-5H2,1-3H3,(H2,15,16,17). The Morgan fingerprint density at radius 2 is 1.83 bits per heavy atom. The normalized spacial score (nSPS) is 11.7. The molecule has 7 heteroatoms. The predicted octanol–water partition coefficient (Wildman–Crippen LogP) is 2.12. The number of pyridine rings is 1. The first-order valence-corrected chi connectivity index (χ1v) is 5.48. The lowest BCUT2D eigenvalue weighted by Gasteiger charge is -2.14. The monoisotopic (exact) mass is 262 g/mol. The molecule has 0 aliphatic heterocycles. The molecule has 0 aromatic carbocycles. The molecule has 18 heavy (non-hydrogen) atoms. The molecule has 1 aromatic heterocycles. The summed E-state index contributed by atoms with van der Waals surface area (Å²) in [5.41, 5.74) is -0.714. The van der Waals surface area contributed by atoms with Crippen molar-refractivity contribution in [1.29, 1.82) is 0 Å². The maximum atomic E-state index is 12.6. The summed E-state index contributed by atoms with van der Waals surface area (Å²) in [5, 5.41) is 5.49. The number of alkyl halides is 3. The first-order chi connectivity index (χ1) is 8.32. The Hall–Kier alpha value is -1.50. The highest BCUT2D eigenvalue weighted by atomic mass is 19.4. The van der Waals surface area contributed by atoms with Gasteiger partial charge in [0, 0.05) is 20.1 Å². The van der Waals surface area contributed by atoms with E-state index in [1.54, 1.807) is 0 Å². The average Bonchev–Trinajstić information content (AvgIpc) is 2.27. The SMILES string of the molecule is CNc1cc(C(F)(F)F)cc(NCCN(C)C)n1. The highest BCUT2D eigenvalue weighted by Crippen LogP contribution is 2.31. The number of aromatic nitrogens is 1. The molecule has 0 amide bonds. The van der Waals surface area contributed by atoms with Gasteiger partial charge < -0.3 is 15.5 Å². The van der Waals surface area contributed by atoms with Gasteiger partial charge in [-0.25, -0.2) is 4.98 Å². The van der Waals surface area contributed by atoms with Gasteiger partial charge in [0.2, 0.25) is 0 Å². The third-order valence-corrected chi connectivity index (χ3v) is 2.27. The van der Waals surface area contributed by atoms with E-state index in [2.05, 4.69) is 15.6 Å². The van der Waals surface area contributed by atoms with Crippen molar-refractivity contribution >= 4 is 11.6 Å². The number of hydrogen-bond donors (Lipinski definition) is 2. The second-order valence-corrected chi connectivity index (χ2v) is 4.10. The highest BCUT2D eigenvalue weighted by molar-refractivity contribution is 5.49. The topological polar surface area (TPSA) is 40.2 Å². The summed E-state index contributed by atoms with van der Waals surface area (Å²) in [5.74, 6) is 0.410. The summed E-state index contributed by atoms with van der Waals surface area (Å²) in [6, 6.07) is 1.99. The first kappa shape index (κ1) is 14.6. The maximum Gasteiger partial charge on any atom is 0.416 e. The van der Waals surface area contributed by atoms with Crippen LogP contribution in [0.3, 0.4) is 0 Å². The summed E-state index contributed by atoms with van der Waals surface area (Å²) < 4.78 is 37.9. The fourth-order valence-corrected chi connectivity index (χ4v) is 1.32. The average molecular weight is 262 g/mol. The minimum atomic E-state index is -4.37. The second-order valence-electron chi connectivity index (χ2n) is 4.10. The van der Waals surface area contributed by atoms with Crippen molar-refractivity contribution in [3.05, 3.63) is 17.7 Å². The van der Waals surface area contributed by atoms with Gasteiger partial charge in [-0.1, -0.05) is 0 Å². The molecule has 102 valence electrons. The summed E-state index contributed by atoms with van der Waals surface area (Å²) >= 11 is 0. The number of nitrogens with one attached hydrogen (secondary N) is 2. The van der Waals surface area contributed by atoms with Crippen LogP contribution in [0.5, 0.6) is 0 Å². The lowest BCUT2D eigenvalue weighted by molar-refractivity contribution is -0.137. The lowest BCUT2D eigenvalue weighted by Crippen LogP contribution is -2.21. The van der Waals surface area contributed by atoms with E-state index in [1.165, 1.54) is 7.05 Å². The van der Waals surface area contributed by atoms with E-state index in [9.17, 15) is 13.2 Å². The zero-order valence-electron chi connectivity index (χ0n) is 10.6. The van der Waals surface area contributed by atoms with Crippen LogP contribution in [-0.4, -0.2) is 44.1 Å². The van der Waals surface area contributed by atoms with Crippen molar-refractivity contribution in [2.45, 2.75) is 6.18 Å². The van der Waals surface area contributed by atoms with Gasteiger partial charge in [0.15, 0.2) is 0 Å². The van der Waals surface area contributed by atoms with Gasteiger partial charge in [-0.2, -0.15) is 13.2 Å². The minimum absolute atomic E-state index is 0.192. The molecule has 0 saturated heterocycles. The molecular formula is C11H17F3N4. The first-order valence-electron chi connectivity index (χ1n) is 5.48. The van der Waals surface area contributed by atoms with E-state index >= 15 is 0 Å². The van der Waals surface area contributed by atoms with Crippen molar-refractivity contribution in [2.75, 3.05) is 44.9 Å². The summed E-state index contributed by atoms with van der Waals surface area (Å²) in [6.45, 7) is 1.25. The molecule has 0 unspecified atom stereocenters. The third kappa shape index (κ3) is 4.40. The molecule has 2 N–H and O–H groups in total. The van der Waals surface area contributed by atoms with Gasteiger partial charge in [0.1, 0.15) is 11.6 Å². The van der Waals surface area contributed by atoms with Crippen molar-refractivity contribution < 1.29 is 13.2 Å². The number of nitrogens with zero attached hydrogens (tertiary/aromatic N) is 2. The Balaban J connectivity index is 2.84. The molecule has 0 spiro atoms. The van der Waals surface area contributed by atoms with Gasteiger partial charge >= 0.3 is 6.18 Å². The lowest BCUT2D eigenvalue weighted by atomic mass is 10.2. The molecule has 0 aliphatic rings. The van der Waals surface area contributed by atoms with Gasteiger partial charge in [-0.05, 0) is 26.2 Å². The molecule has 1 rings (SSSR count). The zero-order valence-corrected chi connectivity index (χ0v) is 10.6. The molecule has 1 aromatic rings. The molecule has 0 saturated carbocycles. The van der Waals surface area contributed by atoms with Crippen LogP contribution in [0, 0.1) is 0 Å². The largest absolute Gasteiger partial charge is 0.416 e. The van der Waals surface area contributed by atoms with Crippen LogP contribution in [0.2, 0.25) is 0 Å². The number of halogens is 3. The molecule has 0 aliphatic carbocycles. The van der Waals surface area contributed by atoms with E-state index in [0.717, 1.165) is 12.1 Å².